The zero-order valence-corrected chi connectivity index (χ0v) is 24.6. The van der Waals surface area contributed by atoms with Crippen molar-refractivity contribution in [1.29, 1.82) is 0 Å². The Morgan fingerprint density at radius 1 is 0.976 bits per heavy atom. The van der Waals surface area contributed by atoms with E-state index in [4.69, 9.17) is 10.5 Å². The molecule has 0 heterocycles. The van der Waals surface area contributed by atoms with Crippen LogP contribution in [-0.2, 0) is 25.7 Å². The topological polar surface area (TPSA) is 172 Å². The van der Waals surface area contributed by atoms with Gasteiger partial charge in [-0.25, -0.2) is 10.2 Å². The average Bonchev–Trinajstić information content (AvgIpc) is 2.93. The Morgan fingerprint density at radius 2 is 1.57 bits per heavy atom. The van der Waals surface area contributed by atoms with Gasteiger partial charge in [0.15, 0.2) is 0 Å². The second-order valence-electron chi connectivity index (χ2n) is 10.9. The number of carbonyl (C=O) groups is 5. The Labute approximate surface area is 246 Å². The predicted octanol–water partition coefficient (Wildman–Crippen LogP) is 2.34. The number of nitrogens with zero attached hydrogens (tertiary/aromatic N) is 2. The summed E-state index contributed by atoms with van der Waals surface area (Å²) in [5, 5.41) is 9.32. The number of rotatable bonds is 13. The summed E-state index contributed by atoms with van der Waals surface area (Å²) in [6.07, 6.45) is 0.340. The van der Waals surface area contributed by atoms with Crippen LogP contribution in [0, 0.1) is 5.92 Å². The number of nitrogens with one attached hydrogen (secondary N) is 3. The molecule has 0 aliphatic heterocycles. The van der Waals surface area contributed by atoms with E-state index < -0.39 is 48.0 Å². The standard InChI is InChI=1S/C30H40N6O6/c1-20(2)25(33-26(39)22-14-10-7-11-15-22)28(40)36(18-21-12-8-6-9-13-21)19-24(38)32-23(16-17-37)27(34-35-29(31)41)42-30(3,4)5/h6-15,17,20,23,25H,16,18-19H2,1-5H3,(H,32,38)(H,33,39)(H3,31,35,41)/t23-,25-/m0/s1. The molecule has 12 nitrogen and oxygen atoms in total. The highest BCUT2D eigenvalue weighted by atomic mass is 16.5. The van der Waals surface area contributed by atoms with Crippen LogP contribution < -0.4 is 21.8 Å². The van der Waals surface area contributed by atoms with Crippen LogP contribution in [0.4, 0.5) is 4.79 Å². The SMILES string of the molecule is CC(C)[C@H](NC(=O)c1ccccc1)C(=O)N(CC(=O)N[C@@H](CC=O)C(=NNC(N)=O)OC(C)(C)C)Cc1ccccc1. The molecule has 0 fully saturated rings. The van der Waals surface area contributed by atoms with E-state index in [9.17, 15) is 24.0 Å². The Balaban J connectivity index is 2.34. The van der Waals surface area contributed by atoms with Crippen LogP contribution in [0.5, 0.6) is 0 Å². The van der Waals surface area contributed by atoms with Gasteiger partial charge in [0, 0.05) is 18.5 Å². The van der Waals surface area contributed by atoms with Crippen molar-refractivity contribution in [1.82, 2.24) is 21.0 Å². The van der Waals surface area contributed by atoms with Crippen LogP contribution in [0.15, 0.2) is 65.8 Å². The molecule has 2 aromatic rings. The molecule has 0 radical (unpaired) electrons. The summed E-state index contributed by atoms with van der Waals surface area (Å²) in [7, 11) is 0. The summed E-state index contributed by atoms with van der Waals surface area (Å²) < 4.78 is 5.79. The number of hydrogen-bond acceptors (Lipinski definition) is 7. The Bertz CT molecular complexity index is 1240. The smallest absolute Gasteiger partial charge is 0.332 e. The molecule has 12 heteroatoms. The lowest BCUT2D eigenvalue weighted by molar-refractivity contribution is -0.139. The van der Waals surface area contributed by atoms with Crippen molar-refractivity contribution >= 4 is 35.9 Å². The van der Waals surface area contributed by atoms with Gasteiger partial charge < -0.3 is 30.8 Å². The van der Waals surface area contributed by atoms with Crippen molar-refractivity contribution in [2.75, 3.05) is 6.54 Å². The molecule has 0 saturated heterocycles. The number of nitrogens with two attached hydrogens (primary N) is 1. The van der Waals surface area contributed by atoms with Crippen molar-refractivity contribution in [3.63, 3.8) is 0 Å². The number of urea groups is 1. The zero-order valence-electron chi connectivity index (χ0n) is 24.6. The van der Waals surface area contributed by atoms with Crippen molar-refractivity contribution in [2.24, 2.45) is 16.8 Å². The van der Waals surface area contributed by atoms with E-state index in [1.54, 1.807) is 65.0 Å². The molecule has 42 heavy (non-hydrogen) atoms. The van der Waals surface area contributed by atoms with Gasteiger partial charge in [-0.15, -0.1) is 5.10 Å². The fraction of sp³-hybridized carbons (Fsp3) is 0.400. The first kappa shape index (κ1) is 33.5. The fourth-order valence-corrected chi connectivity index (χ4v) is 3.87. The highest BCUT2D eigenvalue weighted by molar-refractivity contribution is 5.98. The third-order valence-electron chi connectivity index (χ3n) is 5.77. The second-order valence-corrected chi connectivity index (χ2v) is 10.9. The van der Waals surface area contributed by atoms with Gasteiger partial charge in [0.2, 0.25) is 17.7 Å². The Morgan fingerprint density at radius 3 is 2.10 bits per heavy atom. The molecular formula is C30H40N6O6. The van der Waals surface area contributed by atoms with Gasteiger partial charge in [-0.1, -0.05) is 62.4 Å². The summed E-state index contributed by atoms with van der Waals surface area (Å²) >= 11 is 0. The molecule has 2 atom stereocenters. The molecule has 5 amide bonds. The van der Waals surface area contributed by atoms with Crippen molar-refractivity contribution < 1.29 is 28.7 Å². The molecule has 0 spiro atoms. The van der Waals surface area contributed by atoms with Crippen molar-refractivity contribution in [3.8, 4) is 0 Å². The van der Waals surface area contributed by atoms with Crippen LogP contribution >= 0.6 is 0 Å². The molecule has 0 saturated carbocycles. The minimum Gasteiger partial charge on any atom is -0.473 e. The minimum atomic E-state index is -1.06. The minimum absolute atomic E-state index is 0.0819. The lowest BCUT2D eigenvalue weighted by Gasteiger charge is -2.31. The monoisotopic (exact) mass is 580 g/mol. The van der Waals surface area contributed by atoms with Crippen LogP contribution in [0.3, 0.4) is 0 Å². The van der Waals surface area contributed by atoms with Crippen LogP contribution in [0.25, 0.3) is 0 Å². The van der Waals surface area contributed by atoms with Crippen molar-refractivity contribution in [3.05, 3.63) is 71.8 Å². The summed E-state index contributed by atoms with van der Waals surface area (Å²) in [5.41, 5.74) is 7.57. The quantitative estimate of drug-likeness (QED) is 0.123. The molecule has 0 aliphatic carbocycles. The summed E-state index contributed by atoms with van der Waals surface area (Å²) in [5.74, 6) is -1.94. The molecule has 2 rings (SSSR count). The zero-order chi connectivity index (χ0) is 31.3. The van der Waals surface area contributed by atoms with Crippen LogP contribution in [0.2, 0.25) is 0 Å². The summed E-state index contributed by atoms with van der Waals surface area (Å²) in [4.78, 5) is 64.2. The molecule has 226 valence electrons. The summed E-state index contributed by atoms with van der Waals surface area (Å²) in [6, 6.07) is 14.7. The second kappa shape index (κ2) is 15.9. The number of primary amides is 1. The summed E-state index contributed by atoms with van der Waals surface area (Å²) in [6.45, 7) is 8.45. The number of carbonyl (C=O) groups excluding carboxylic acids is 5. The van der Waals surface area contributed by atoms with Gasteiger partial charge in [-0.05, 0) is 44.4 Å². The van der Waals surface area contributed by atoms with E-state index in [-0.39, 0.29) is 24.8 Å². The lowest BCUT2D eigenvalue weighted by Crippen LogP contribution is -2.54. The Hall–Kier alpha value is -4.74. The van der Waals surface area contributed by atoms with E-state index in [1.807, 2.05) is 30.3 Å². The number of amides is 5. The maximum atomic E-state index is 13.9. The maximum absolute atomic E-state index is 13.9. The number of ether oxygens (including phenoxy) is 1. The normalized spacial score (nSPS) is 13.0. The van der Waals surface area contributed by atoms with E-state index in [2.05, 4.69) is 21.2 Å². The van der Waals surface area contributed by atoms with Gasteiger partial charge in [0.05, 0.1) is 6.54 Å². The molecular weight excluding hydrogens is 540 g/mol. The van der Waals surface area contributed by atoms with Gasteiger partial charge in [-0.2, -0.15) is 0 Å². The molecule has 2 aromatic carbocycles. The fourth-order valence-electron chi connectivity index (χ4n) is 3.87. The first-order valence-electron chi connectivity index (χ1n) is 13.5. The van der Waals surface area contributed by atoms with E-state index in [1.165, 1.54) is 4.90 Å². The molecule has 0 aromatic heterocycles. The molecule has 5 N–H and O–H groups in total. The number of benzene rings is 2. The number of hydrazone groups is 1. The number of hydrogen-bond donors (Lipinski definition) is 4. The highest BCUT2D eigenvalue weighted by Crippen LogP contribution is 2.14. The molecule has 0 unspecified atom stereocenters. The highest BCUT2D eigenvalue weighted by Gasteiger charge is 2.32. The van der Waals surface area contributed by atoms with E-state index >= 15 is 0 Å². The first-order chi connectivity index (χ1) is 19.8. The van der Waals surface area contributed by atoms with Gasteiger partial charge in [0.25, 0.3) is 5.91 Å². The van der Waals surface area contributed by atoms with Crippen molar-refractivity contribution in [2.45, 2.75) is 65.3 Å². The predicted molar refractivity (Wildman–Crippen MR) is 158 cm³/mol. The largest absolute Gasteiger partial charge is 0.473 e. The first-order valence-corrected chi connectivity index (χ1v) is 13.5. The maximum Gasteiger partial charge on any atom is 0.332 e. The van der Waals surface area contributed by atoms with Crippen LogP contribution in [0.1, 0.15) is 57.0 Å². The lowest BCUT2D eigenvalue weighted by atomic mass is 10.0. The van der Waals surface area contributed by atoms with E-state index in [0.29, 0.717) is 11.8 Å². The van der Waals surface area contributed by atoms with Gasteiger partial charge >= 0.3 is 6.03 Å². The molecule has 0 aliphatic rings. The third kappa shape index (κ3) is 11.4. The Kier molecular flexibility index (Phi) is 12.7. The van der Waals surface area contributed by atoms with Gasteiger partial charge in [-0.3, -0.25) is 14.4 Å². The van der Waals surface area contributed by atoms with E-state index in [0.717, 1.165) is 5.56 Å². The van der Waals surface area contributed by atoms with Crippen LogP contribution in [-0.4, -0.2) is 65.1 Å². The average molecular weight is 581 g/mol. The van der Waals surface area contributed by atoms with Gasteiger partial charge in [0.1, 0.15) is 24.0 Å². The third-order valence-corrected chi connectivity index (χ3v) is 5.77. The number of aldehydes is 1. The molecule has 0 bridgehead atoms.